The van der Waals surface area contributed by atoms with Crippen LogP contribution in [0.25, 0.3) is 0 Å². The summed E-state index contributed by atoms with van der Waals surface area (Å²) in [4.78, 5) is 0. The van der Waals surface area contributed by atoms with Crippen molar-refractivity contribution < 1.29 is 5.11 Å². The van der Waals surface area contributed by atoms with E-state index in [0.717, 1.165) is 19.4 Å². The Morgan fingerprint density at radius 2 is 2.43 bits per heavy atom. The maximum absolute atomic E-state index is 10.5. The minimum absolute atomic E-state index is 0.325. The molecule has 1 unspecified atom stereocenters. The van der Waals surface area contributed by atoms with Crippen molar-refractivity contribution in [1.82, 2.24) is 5.32 Å². The minimum atomic E-state index is -0.325. The fourth-order valence-corrected chi connectivity index (χ4v) is 0.820. The lowest BCUT2D eigenvalue weighted by atomic mass is 10.1. The largest absolute Gasteiger partial charge is 0.314 e. The Balaban J connectivity index is 2.12. The van der Waals surface area contributed by atoms with Crippen molar-refractivity contribution in [3.63, 3.8) is 0 Å². The molecule has 1 heterocycles. The number of nitrogens with one attached hydrogen (secondary N) is 1. The van der Waals surface area contributed by atoms with E-state index in [0.29, 0.717) is 6.54 Å². The molecule has 0 aliphatic carbocycles. The van der Waals surface area contributed by atoms with E-state index in [9.17, 15) is 5.11 Å². The highest BCUT2D eigenvalue weighted by molar-refractivity contribution is 4.65. The summed E-state index contributed by atoms with van der Waals surface area (Å²) in [5.41, 5.74) is 0. The van der Waals surface area contributed by atoms with Crippen molar-refractivity contribution in [2.75, 3.05) is 13.1 Å². The van der Waals surface area contributed by atoms with Crippen LogP contribution in [0.15, 0.2) is 0 Å². The summed E-state index contributed by atoms with van der Waals surface area (Å²) >= 11 is 0. The summed E-state index contributed by atoms with van der Waals surface area (Å²) in [5.74, 6) is 0. The quantitative estimate of drug-likeness (QED) is 0.462. The van der Waals surface area contributed by atoms with Crippen LogP contribution in [-0.4, -0.2) is 19.2 Å². The Bertz CT molecular complexity index is 50.0. The van der Waals surface area contributed by atoms with Gasteiger partial charge < -0.3 is 5.32 Å². The third kappa shape index (κ3) is 1.45. The van der Waals surface area contributed by atoms with Crippen LogP contribution in [0.5, 0.6) is 0 Å². The molecule has 2 heteroatoms. The highest BCUT2D eigenvalue weighted by Gasteiger charge is 2.08. The van der Waals surface area contributed by atoms with Crippen molar-refractivity contribution in [3.05, 3.63) is 0 Å². The molecule has 1 aliphatic rings. The van der Waals surface area contributed by atoms with Crippen LogP contribution in [0.3, 0.4) is 0 Å². The van der Waals surface area contributed by atoms with Crippen LogP contribution in [0.1, 0.15) is 12.8 Å². The number of piperidine rings is 1. The average Bonchev–Trinajstić information content (AvgIpc) is 1.69. The van der Waals surface area contributed by atoms with Crippen molar-refractivity contribution in [3.8, 4) is 0 Å². The molecule has 0 aromatic carbocycles. The van der Waals surface area contributed by atoms with Gasteiger partial charge in [0.1, 0.15) is 6.10 Å². The van der Waals surface area contributed by atoms with Gasteiger partial charge in [-0.2, -0.15) is 0 Å². The van der Waals surface area contributed by atoms with Crippen molar-refractivity contribution in [2.45, 2.75) is 18.9 Å². The summed E-state index contributed by atoms with van der Waals surface area (Å²) in [6, 6.07) is 0. The Labute approximate surface area is 43.5 Å². The fraction of sp³-hybridized carbons (Fsp3) is 1.00. The fourth-order valence-electron chi connectivity index (χ4n) is 0.820. The topological polar surface area (TPSA) is 31.9 Å². The van der Waals surface area contributed by atoms with Gasteiger partial charge in [0.05, 0.1) is 0 Å². The molecular weight excluding hydrogens is 90.1 g/mol. The number of rotatable bonds is 0. The molecule has 1 radical (unpaired) electrons. The van der Waals surface area contributed by atoms with Crippen molar-refractivity contribution in [1.29, 1.82) is 0 Å². The molecule has 2 nitrogen and oxygen atoms in total. The second kappa shape index (κ2) is 2.28. The molecule has 1 rings (SSSR count). The van der Waals surface area contributed by atoms with E-state index in [2.05, 4.69) is 5.32 Å². The number of hydrogen-bond acceptors (Lipinski definition) is 1. The Morgan fingerprint density at radius 3 is 2.71 bits per heavy atom. The first-order valence-corrected chi connectivity index (χ1v) is 2.76. The zero-order valence-corrected chi connectivity index (χ0v) is 4.31. The van der Waals surface area contributed by atoms with Gasteiger partial charge in [0.25, 0.3) is 0 Å². The van der Waals surface area contributed by atoms with Gasteiger partial charge in [0, 0.05) is 6.54 Å². The molecule has 7 heavy (non-hydrogen) atoms. The van der Waals surface area contributed by atoms with E-state index in [-0.39, 0.29) is 6.10 Å². The summed E-state index contributed by atoms with van der Waals surface area (Å²) in [6.45, 7) is 1.72. The maximum atomic E-state index is 10.5. The van der Waals surface area contributed by atoms with Gasteiger partial charge in [0.2, 0.25) is 0 Å². The van der Waals surface area contributed by atoms with E-state index in [1.807, 2.05) is 0 Å². The monoisotopic (exact) mass is 100 g/mol. The van der Waals surface area contributed by atoms with Gasteiger partial charge in [-0.25, -0.2) is 5.11 Å². The molecule has 0 amide bonds. The summed E-state index contributed by atoms with van der Waals surface area (Å²) in [6.07, 6.45) is 1.61. The lowest BCUT2D eigenvalue weighted by Gasteiger charge is -2.14. The van der Waals surface area contributed by atoms with Crippen LogP contribution >= 0.6 is 0 Å². The normalized spacial score (nSPS) is 33.0. The highest BCUT2D eigenvalue weighted by atomic mass is 16.3. The maximum Gasteiger partial charge on any atom is 0.105 e. The van der Waals surface area contributed by atoms with E-state index >= 15 is 0 Å². The smallest absolute Gasteiger partial charge is 0.105 e. The van der Waals surface area contributed by atoms with Crippen LogP contribution in [-0.2, 0) is 5.11 Å². The molecule has 0 spiro atoms. The lowest BCUT2D eigenvalue weighted by Crippen LogP contribution is -2.32. The van der Waals surface area contributed by atoms with Crippen molar-refractivity contribution in [2.24, 2.45) is 0 Å². The molecule has 0 aromatic rings. The molecule has 0 aromatic heterocycles. The zero-order chi connectivity index (χ0) is 5.11. The first kappa shape index (κ1) is 5.06. The Kier molecular flexibility index (Phi) is 1.65. The van der Waals surface area contributed by atoms with E-state index in [1.54, 1.807) is 0 Å². The average molecular weight is 100 g/mol. The van der Waals surface area contributed by atoms with Gasteiger partial charge in [-0.1, -0.05) is 0 Å². The predicted octanol–water partition coefficient (Wildman–Crippen LogP) is 0.169. The summed E-state index contributed by atoms with van der Waals surface area (Å²) < 4.78 is 0. The third-order valence-electron chi connectivity index (χ3n) is 1.25. The molecule has 1 aliphatic heterocycles. The van der Waals surface area contributed by atoms with Gasteiger partial charge in [-0.15, -0.1) is 0 Å². The van der Waals surface area contributed by atoms with E-state index < -0.39 is 0 Å². The molecule has 41 valence electrons. The first-order chi connectivity index (χ1) is 3.39. The molecule has 0 saturated carbocycles. The van der Waals surface area contributed by atoms with Gasteiger partial charge in [0.15, 0.2) is 0 Å². The molecule has 1 N–H and O–H groups in total. The van der Waals surface area contributed by atoms with E-state index in [4.69, 9.17) is 0 Å². The standard InChI is InChI=1S/C5H10NO/c7-5-2-1-3-6-4-5/h5-6H,1-4H2. The first-order valence-electron chi connectivity index (χ1n) is 2.76. The van der Waals surface area contributed by atoms with Crippen LogP contribution < -0.4 is 5.32 Å². The summed E-state index contributed by atoms with van der Waals surface area (Å²) in [7, 11) is 0. The Hall–Kier alpha value is -0.0800. The van der Waals surface area contributed by atoms with Gasteiger partial charge in [-0.05, 0) is 19.4 Å². The third-order valence-corrected chi connectivity index (χ3v) is 1.25. The van der Waals surface area contributed by atoms with Crippen LogP contribution in [0.2, 0.25) is 0 Å². The second-order valence-electron chi connectivity index (χ2n) is 1.97. The lowest BCUT2D eigenvalue weighted by molar-refractivity contribution is 0.0669. The molecule has 1 fully saturated rings. The zero-order valence-electron chi connectivity index (χ0n) is 4.31. The van der Waals surface area contributed by atoms with Crippen LogP contribution in [0.4, 0.5) is 0 Å². The van der Waals surface area contributed by atoms with Gasteiger partial charge in [-0.3, -0.25) is 0 Å². The molecule has 0 bridgehead atoms. The van der Waals surface area contributed by atoms with E-state index in [1.165, 1.54) is 0 Å². The number of hydrogen-bond donors (Lipinski definition) is 1. The molecule has 1 saturated heterocycles. The Morgan fingerprint density at radius 1 is 1.57 bits per heavy atom. The highest BCUT2D eigenvalue weighted by Crippen LogP contribution is 1.99. The minimum Gasteiger partial charge on any atom is -0.314 e. The summed E-state index contributed by atoms with van der Waals surface area (Å²) in [5, 5.41) is 13.5. The van der Waals surface area contributed by atoms with Crippen LogP contribution in [0, 0.1) is 0 Å². The molecular formula is C5H10NO. The van der Waals surface area contributed by atoms with Crippen molar-refractivity contribution >= 4 is 0 Å². The predicted molar refractivity (Wildman–Crippen MR) is 26.6 cm³/mol. The SMILES string of the molecule is [O]C1CCCNC1. The van der Waals surface area contributed by atoms with Gasteiger partial charge >= 0.3 is 0 Å². The molecule has 1 atom stereocenters. The second-order valence-corrected chi connectivity index (χ2v) is 1.97.